The Kier molecular flexibility index (Phi) is 6.10. The van der Waals surface area contributed by atoms with Crippen LogP contribution in [0.1, 0.15) is 30.1 Å². The second-order valence-electron chi connectivity index (χ2n) is 4.78. The molecule has 2 aromatic rings. The van der Waals surface area contributed by atoms with Gasteiger partial charge in [-0.05, 0) is 36.8 Å². The quantitative estimate of drug-likeness (QED) is 0.714. The molecule has 0 aliphatic carbocycles. The van der Waals surface area contributed by atoms with Crippen LogP contribution >= 0.6 is 23.2 Å². The number of hydrogen-bond donors (Lipinski definition) is 1. The fourth-order valence-corrected chi connectivity index (χ4v) is 2.15. The lowest BCUT2D eigenvalue weighted by molar-refractivity contribution is 0.102. The van der Waals surface area contributed by atoms with Crippen LogP contribution < -0.4 is 10.1 Å². The summed E-state index contributed by atoms with van der Waals surface area (Å²) in [5.74, 6) is 0.398. The van der Waals surface area contributed by atoms with E-state index in [0.29, 0.717) is 33.7 Å². The first kappa shape index (κ1) is 16.7. The number of benzene rings is 2. The van der Waals surface area contributed by atoms with Gasteiger partial charge in [0.2, 0.25) is 0 Å². The summed E-state index contributed by atoms with van der Waals surface area (Å²) in [4.78, 5) is 12.3. The molecule has 0 atom stereocenters. The molecule has 1 amide bonds. The number of carbonyl (C=O) groups is 1. The van der Waals surface area contributed by atoms with Crippen LogP contribution in [0.5, 0.6) is 5.75 Å². The van der Waals surface area contributed by atoms with Crippen LogP contribution in [0.25, 0.3) is 0 Å². The topological polar surface area (TPSA) is 38.3 Å². The van der Waals surface area contributed by atoms with Gasteiger partial charge < -0.3 is 10.1 Å². The molecule has 116 valence electrons. The molecule has 0 saturated heterocycles. The number of carbonyl (C=O) groups excluding carboxylic acids is 1. The van der Waals surface area contributed by atoms with Crippen LogP contribution in [-0.2, 0) is 0 Å². The van der Waals surface area contributed by atoms with Gasteiger partial charge in [0.15, 0.2) is 0 Å². The molecule has 0 radical (unpaired) electrons. The van der Waals surface area contributed by atoms with Gasteiger partial charge in [-0.2, -0.15) is 0 Å². The fourth-order valence-electron chi connectivity index (χ4n) is 1.85. The summed E-state index contributed by atoms with van der Waals surface area (Å²) in [6.45, 7) is 2.72. The number of unbranched alkanes of at least 4 members (excludes halogenated alkanes) is 1. The van der Waals surface area contributed by atoms with E-state index >= 15 is 0 Å². The predicted molar refractivity (Wildman–Crippen MR) is 91.3 cm³/mol. The van der Waals surface area contributed by atoms with Gasteiger partial charge in [-0.25, -0.2) is 0 Å². The minimum atomic E-state index is -0.259. The molecule has 0 fully saturated rings. The van der Waals surface area contributed by atoms with Crippen molar-refractivity contribution < 1.29 is 9.53 Å². The van der Waals surface area contributed by atoms with Crippen LogP contribution in [0.15, 0.2) is 42.5 Å². The lowest BCUT2D eigenvalue weighted by atomic mass is 10.2. The number of hydrogen-bond acceptors (Lipinski definition) is 2. The minimum Gasteiger partial charge on any atom is -0.491 e. The Labute approximate surface area is 140 Å². The molecular weight excluding hydrogens is 321 g/mol. The summed E-state index contributed by atoms with van der Waals surface area (Å²) < 4.78 is 5.70. The summed E-state index contributed by atoms with van der Waals surface area (Å²) in [5, 5.41) is 3.60. The first-order chi connectivity index (χ1) is 10.6. The zero-order valence-electron chi connectivity index (χ0n) is 12.2. The molecule has 22 heavy (non-hydrogen) atoms. The highest BCUT2D eigenvalue weighted by Gasteiger charge is 2.11. The average Bonchev–Trinajstić information content (AvgIpc) is 2.52. The van der Waals surface area contributed by atoms with Gasteiger partial charge in [0.25, 0.3) is 5.91 Å². The highest BCUT2D eigenvalue weighted by molar-refractivity contribution is 6.42. The van der Waals surface area contributed by atoms with E-state index in [-0.39, 0.29) is 5.91 Å². The average molecular weight is 338 g/mol. The van der Waals surface area contributed by atoms with Gasteiger partial charge in [-0.3, -0.25) is 4.79 Å². The highest BCUT2D eigenvalue weighted by Crippen LogP contribution is 2.26. The maximum absolute atomic E-state index is 12.3. The zero-order chi connectivity index (χ0) is 15.9. The van der Waals surface area contributed by atoms with Crippen molar-refractivity contribution in [2.24, 2.45) is 0 Å². The van der Waals surface area contributed by atoms with Crippen molar-refractivity contribution in [2.45, 2.75) is 19.8 Å². The molecule has 1 N–H and O–H groups in total. The van der Waals surface area contributed by atoms with E-state index in [1.165, 1.54) is 0 Å². The minimum absolute atomic E-state index is 0.259. The number of para-hydroxylation sites is 2. The van der Waals surface area contributed by atoms with E-state index in [2.05, 4.69) is 12.2 Å². The van der Waals surface area contributed by atoms with E-state index in [0.717, 1.165) is 12.8 Å². The summed E-state index contributed by atoms with van der Waals surface area (Å²) in [6.07, 6.45) is 2.02. The van der Waals surface area contributed by atoms with Crippen LogP contribution in [-0.4, -0.2) is 12.5 Å². The molecule has 0 saturated carbocycles. The van der Waals surface area contributed by atoms with Crippen molar-refractivity contribution in [3.05, 3.63) is 58.1 Å². The van der Waals surface area contributed by atoms with Crippen molar-refractivity contribution in [3.63, 3.8) is 0 Å². The smallest absolute Gasteiger partial charge is 0.255 e. The van der Waals surface area contributed by atoms with Gasteiger partial charge in [-0.15, -0.1) is 0 Å². The SMILES string of the molecule is CCCCOc1ccccc1NC(=O)c1ccc(Cl)c(Cl)c1. The second-order valence-corrected chi connectivity index (χ2v) is 5.60. The van der Waals surface area contributed by atoms with Gasteiger partial charge >= 0.3 is 0 Å². The number of ether oxygens (including phenoxy) is 1. The molecule has 0 unspecified atom stereocenters. The lowest BCUT2D eigenvalue weighted by Gasteiger charge is -2.12. The van der Waals surface area contributed by atoms with Crippen molar-refractivity contribution in [1.82, 2.24) is 0 Å². The van der Waals surface area contributed by atoms with Crippen molar-refractivity contribution in [3.8, 4) is 5.75 Å². The molecule has 0 aromatic heterocycles. The number of anilines is 1. The zero-order valence-corrected chi connectivity index (χ0v) is 13.7. The Hall–Kier alpha value is -1.71. The lowest BCUT2D eigenvalue weighted by Crippen LogP contribution is -2.13. The van der Waals surface area contributed by atoms with Gasteiger partial charge in [0.05, 0.1) is 22.3 Å². The summed E-state index contributed by atoms with van der Waals surface area (Å²) in [6, 6.07) is 12.1. The Bertz CT molecular complexity index is 659. The van der Waals surface area contributed by atoms with E-state index in [1.54, 1.807) is 24.3 Å². The highest BCUT2D eigenvalue weighted by atomic mass is 35.5. The Morgan fingerprint density at radius 3 is 2.64 bits per heavy atom. The Morgan fingerprint density at radius 2 is 1.91 bits per heavy atom. The molecule has 0 heterocycles. The Balaban J connectivity index is 2.12. The van der Waals surface area contributed by atoms with Crippen molar-refractivity contribution >= 4 is 34.8 Å². The molecule has 0 bridgehead atoms. The molecule has 0 aliphatic rings. The molecule has 2 aromatic carbocycles. The number of nitrogens with one attached hydrogen (secondary N) is 1. The molecule has 0 aliphatic heterocycles. The third-order valence-corrected chi connectivity index (χ3v) is 3.81. The molecular formula is C17H17Cl2NO2. The van der Waals surface area contributed by atoms with E-state index in [1.807, 2.05) is 18.2 Å². The summed E-state index contributed by atoms with van der Waals surface area (Å²) >= 11 is 11.8. The van der Waals surface area contributed by atoms with Crippen LogP contribution in [0.2, 0.25) is 10.0 Å². The first-order valence-corrected chi connectivity index (χ1v) is 7.85. The molecule has 2 rings (SSSR count). The van der Waals surface area contributed by atoms with Crippen molar-refractivity contribution in [1.29, 1.82) is 0 Å². The maximum Gasteiger partial charge on any atom is 0.255 e. The maximum atomic E-state index is 12.3. The van der Waals surface area contributed by atoms with Gasteiger partial charge in [0.1, 0.15) is 5.75 Å². The third kappa shape index (κ3) is 4.39. The van der Waals surface area contributed by atoms with E-state index < -0.39 is 0 Å². The molecule has 0 spiro atoms. The van der Waals surface area contributed by atoms with Gasteiger partial charge in [0, 0.05) is 5.56 Å². The van der Waals surface area contributed by atoms with Crippen LogP contribution in [0.3, 0.4) is 0 Å². The largest absolute Gasteiger partial charge is 0.491 e. The normalized spacial score (nSPS) is 10.3. The van der Waals surface area contributed by atoms with Crippen LogP contribution in [0, 0.1) is 0 Å². The molecule has 3 nitrogen and oxygen atoms in total. The third-order valence-electron chi connectivity index (χ3n) is 3.07. The summed E-state index contributed by atoms with van der Waals surface area (Å²) in [5.41, 5.74) is 1.08. The number of amides is 1. The number of halogens is 2. The van der Waals surface area contributed by atoms with E-state index in [4.69, 9.17) is 27.9 Å². The van der Waals surface area contributed by atoms with Crippen LogP contribution in [0.4, 0.5) is 5.69 Å². The van der Waals surface area contributed by atoms with Gasteiger partial charge in [-0.1, -0.05) is 48.7 Å². The van der Waals surface area contributed by atoms with Crippen molar-refractivity contribution in [2.75, 3.05) is 11.9 Å². The monoisotopic (exact) mass is 337 g/mol. The first-order valence-electron chi connectivity index (χ1n) is 7.10. The number of rotatable bonds is 6. The Morgan fingerprint density at radius 1 is 1.14 bits per heavy atom. The predicted octanol–water partition coefficient (Wildman–Crippen LogP) is 5.42. The standard InChI is InChI=1S/C17H17Cl2NO2/c1-2-3-10-22-16-7-5-4-6-15(16)20-17(21)12-8-9-13(18)14(19)11-12/h4-9,11H,2-3,10H2,1H3,(H,20,21). The molecule has 5 heteroatoms. The fraction of sp³-hybridized carbons (Fsp3) is 0.235. The summed E-state index contributed by atoms with van der Waals surface area (Å²) in [7, 11) is 0. The van der Waals surface area contributed by atoms with E-state index in [9.17, 15) is 4.79 Å². The second kappa shape index (κ2) is 8.06.